The third-order valence-corrected chi connectivity index (χ3v) is 6.84. The van der Waals surface area contributed by atoms with Gasteiger partial charge in [0.15, 0.2) is 23.6 Å². The highest BCUT2D eigenvalue weighted by Crippen LogP contribution is 2.39. The second kappa shape index (κ2) is 9.36. The van der Waals surface area contributed by atoms with Gasteiger partial charge in [0.25, 0.3) is 0 Å². The summed E-state index contributed by atoms with van der Waals surface area (Å²) in [4.78, 5) is 3.24. The van der Waals surface area contributed by atoms with Gasteiger partial charge in [-0.3, -0.25) is 10.8 Å². The fourth-order valence-electron chi connectivity index (χ4n) is 4.74. The van der Waals surface area contributed by atoms with Gasteiger partial charge in [-0.1, -0.05) is 48.6 Å². The van der Waals surface area contributed by atoms with Gasteiger partial charge < -0.3 is 25.8 Å². The lowest BCUT2D eigenvalue weighted by Gasteiger charge is -2.18. The number of nitrogens with zero attached hydrogens (tertiary/aromatic N) is 5. The standard InChI is InChI=1S/C26H26F3N9/c1-36-22(16-4-2-15(3-5-16)18-8-10-37(13-18)24(30)31)34-35-23(36)17-6-7-20(21(12-17)26(27,28)29)19-9-11-38(14-19)25(32)33/h2-9,12H,10-11,13-14H2,1H3,(H3,30,31)(H3,32,33). The molecule has 3 aromatic rings. The van der Waals surface area contributed by atoms with Crippen LogP contribution in [0.1, 0.15) is 16.7 Å². The molecule has 0 amide bonds. The molecular weight excluding hydrogens is 495 g/mol. The van der Waals surface area contributed by atoms with Crippen LogP contribution >= 0.6 is 0 Å². The number of alkyl halides is 3. The zero-order chi connectivity index (χ0) is 27.2. The third-order valence-electron chi connectivity index (χ3n) is 6.84. The maximum atomic E-state index is 14.1. The predicted molar refractivity (Wildman–Crippen MR) is 140 cm³/mol. The van der Waals surface area contributed by atoms with Crippen LogP contribution in [-0.4, -0.2) is 62.7 Å². The lowest BCUT2D eigenvalue weighted by molar-refractivity contribution is -0.137. The number of nitrogens with one attached hydrogen (secondary N) is 2. The van der Waals surface area contributed by atoms with Crippen molar-refractivity contribution in [1.29, 1.82) is 10.8 Å². The second-order valence-corrected chi connectivity index (χ2v) is 9.23. The lowest BCUT2D eigenvalue weighted by atomic mass is 9.97. The molecule has 9 nitrogen and oxygen atoms in total. The number of guanidine groups is 2. The Morgan fingerprint density at radius 1 is 0.789 bits per heavy atom. The van der Waals surface area contributed by atoms with Crippen molar-refractivity contribution in [3.05, 3.63) is 71.3 Å². The summed E-state index contributed by atoms with van der Waals surface area (Å²) in [5.74, 6) is 0.673. The molecule has 2 aromatic carbocycles. The molecule has 0 saturated carbocycles. The molecule has 0 fully saturated rings. The first-order valence-corrected chi connectivity index (χ1v) is 11.8. The fraction of sp³-hybridized carbons (Fsp3) is 0.231. The Kier molecular flexibility index (Phi) is 6.17. The van der Waals surface area contributed by atoms with E-state index in [4.69, 9.17) is 22.3 Å². The van der Waals surface area contributed by atoms with Gasteiger partial charge in [0.2, 0.25) is 0 Å². The molecule has 0 radical (unpaired) electrons. The van der Waals surface area contributed by atoms with Gasteiger partial charge >= 0.3 is 6.18 Å². The number of hydrogen-bond donors (Lipinski definition) is 4. The van der Waals surface area contributed by atoms with Crippen molar-refractivity contribution in [3.63, 3.8) is 0 Å². The van der Waals surface area contributed by atoms with E-state index in [2.05, 4.69) is 10.2 Å². The van der Waals surface area contributed by atoms with Crippen LogP contribution in [0, 0.1) is 10.8 Å². The molecule has 0 aliphatic carbocycles. The van der Waals surface area contributed by atoms with Crippen molar-refractivity contribution in [2.75, 3.05) is 26.2 Å². The summed E-state index contributed by atoms with van der Waals surface area (Å²) < 4.78 is 43.9. The van der Waals surface area contributed by atoms with Crippen LogP contribution in [0.15, 0.2) is 54.6 Å². The maximum absolute atomic E-state index is 14.1. The predicted octanol–water partition coefficient (Wildman–Crippen LogP) is 3.35. The fourth-order valence-corrected chi connectivity index (χ4v) is 4.74. The molecule has 1 aromatic heterocycles. The van der Waals surface area contributed by atoms with E-state index in [-0.39, 0.29) is 24.0 Å². The van der Waals surface area contributed by atoms with E-state index in [9.17, 15) is 13.2 Å². The molecule has 2 aliphatic rings. The van der Waals surface area contributed by atoms with Crippen LogP contribution in [0.25, 0.3) is 33.9 Å². The van der Waals surface area contributed by atoms with Gasteiger partial charge in [0.1, 0.15) is 0 Å². The lowest BCUT2D eigenvalue weighted by Crippen LogP contribution is -2.34. The first-order chi connectivity index (χ1) is 18.0. The molecule has 0 atom stereocenters. The highest BCUT2D eigenvalue weighted by molar-refractivity contribution is 5.83. The minimum atomic E-state index is -4.58. The van der Waals surface area contributed by atoms with Crippen molar-refractivity contribution >= 4 is 23.1 Å². The van der Waals surface area contributed by atoms with Gasteiger partial charge in [-0.15, -0.1) is 10.2 Å². The molecule has 0 bridgehead atoms. The number of benzene rings is 2. The van der Waals surface area contributed by atoms with Gasteiger partial charge in [0.05, 0.1) is 5.56 Å². The van der Waals surface area contributed by atoms with Gasteiger partial charge in [-0.2, -0.15) is 13.2 Å². The number of nitrogens with two attached hydrogens (primary N) is 2. The minimum absolute atomic E-state index is 0.0270. The van der Waals surface area contributed by atoms with Gasteiger partial charge in [0, 0.05) is 44.4 Å². The third kappa shape index (κ3) is 4.60. The van der Waals surface area contributed by atoms with E-state index in [0.717, 1.165) is 22.8 Å². The molecule has 0 saturated heterocycles. The number of hydrogen-bond acceptors (Lipinski definition) is 4. The number of rotatable bonds is 4. The van der Waals surface area contributed by atoms with E-state index in [1.165, 1.54) is 11.0 Å². The molecule has 5 rings (SSSR count). The van der Waals surface area contributed by atoms with Gasteiger partial charge in [-0.25, -0.2) is 0 Å². The zero-order valence-corrected chi connectivity index (χ0v) is 20.5. The van der Waals surface area contributed by atoms with Crippen molar-refractivity contribution in [2.45, 2.75) is 6.18 Å². The van der Waals surface area contributed by atoms with Gasteiger partial charge in [-0.05, 0) is 28.3 Å². The molecule has 0 spiro atoms. The number of halogens is 3. The zero-order valence-electron chi connectivity index (χ0n) is 20.5. The molecule has 38 heavy (non-hydrogen) atoms. The van der Waals surface area contributed by atoms with E-state index in [1.807, 2.05) is 30.3 Å². The molecule has 196 valence electrons. The quantitative estimate of drug-likeness (QED) is 0.307. The van der Waals surface area contributed by atoms with Crippen LogP contribution in [0.3, 0.4) is 0 Å². The Labute approximate surface area is 216 Å². The summed E-state index contributed by atoms with van der Waals surface area (Å²) in [6, 6.07) is 11.8. The first kappa shape index (κ1) is 25.1. The molecule has 6 N–H and O–H groups in total. The Morgan fingerprint density at radius 3 is 1.84 bits per heavy atom. The average Bonchev–Trinajstić information content (AvgIpc) is 3.63. The monoisotopic (exact) mass is 521 g/mol. The van der Waals surface area contributed by atoms with E-state index in [0.29, 0.717) is 42.4 Å². The first-order valence-electron chi connectivity index (χ1n) is 11.8. The number of aromatic nitrogens is 3. The molecule has 0 unspecified atom stereocenters. The topological polar surface area (TPSA) is 137 Å². The Morgan fingerprint density at radius 2 is 1.29 bits per heavy atom. The summed E-state index contributed by atoms with van der Waals surface area (Å²) in [5.41, 5.74) is 14.0. The van der Waals surface area contributed by atoms with Crippen LogP contribution in [0.5, 0.6) is 0 Å². The second-order valence-electron chi connectivity index (χ2n) is 9.23. The molecular formula is C26H26F3N9. The van der Waals surface area contributed by atoms with Crippen LogP contribution in [-0.2, 0) is 13.2 Å². The van der Waals surface area contributed by atoms with E-state index >= 15 is 0 Å². The molecule has 3 heterocycles. The summed E-state index contributed by atoms with van der Waals surface area (Å²) in [7, 11) is 1.72. The summed E-state index contributed by atoms with van der Waals surface area (Å²) in [6.07, 6.45) is -0.896. The maximum Gasteiger partial charge on any atom is 0.417 e. The summed E-state index contributed by atoms with van der Waals surface area (Å²) in [6.45, 7) is 1.58. The van der Waals surface area contributed by atoms with E-state index in [1.54, 1.807) is 28.7 Å². The van der Waals surface area contributed by atoms with Crippen LogP contribution < -0.4 is 11.5 Å². The average molecular weight is 522 g/mol. The largest absolute Gasteiger partial charge is 0.417 e. The normalized spacial score (nSPS) is 15.6. The van der Waals surface area contributed by atoms with Crippen molar-refractivity contribution in [3.8, 4) is 22.8 Å². The summed E-state index contributed by atoms with van der Waals surface area (Å²) in [5, 5.41) is 23.6. The van der Waals surface area contributed by atoms with Crippen LogP contribution in [0.4, 0.5) is 13.2 Å². The van der Waals surface area contributed by atoms with Crippen molar-refractivity contribution < 1.29 is 13.2 Å². The Balaban J connectivity index is 1.43. The minimum Gasteiger partial charge on any atom is -0.370 e. The molecule has 12 heteroatoms. The van der Waals surface area contributed by atoms with Crippen molar-refractivity contribution in [1.82, 2.24) is 24.6 Å². The Bertz CT molecular complexity index is 1480. The Hall–Kier alpha value is -4.61. The molecule has 2 aliphatic heterocycles. The van der Waals surface area contributed by atoms with E-state index < -0.39 is 11.7 Å². The summed E-state index contributed by atoms with van der Waals surface area (Å²) >= 11 is 0. The SMILES string of the molecule is Cn1c(-c2ccc(C3=CCN(C(=N)N)C3)cc2)nnc1-c1ccc(C2=CCN(C(=N)N)C2)c(C(F)(F)F)c1. The highest BCUT2D eigenvalue weighted by atomic mass is 19.4. The van der Waals surface area contributed by atoms with Crippen LogP contribution in [0.2, 0.25) is 0 Å². The van der Waals surface area contributed by atoms with Crippen molar-refractivity contribution in [2.24, 2.45) is 18.5 Å². The smallest absolute Gasteiger partial charge is 0.370 e. The highest BCUT2D eigenvalue weighted by Gasteiger charge is 2.36.